The zero-order chi connectivity index (χ0) is 14.4. The van der Waals surface area contributed by atoms with Crippen LogP contribution < -0.4 is 0 Å². The fourth-order valence-corrected chi connectivity index (χ4v) is 2.80. The molecule has 20 heavy (non-hydrogen) atoms. The second kappa shape index (κ2) is 7.98. The lowest BCUT2D eigenvalue weighted by Crippen LogP contribution is -2.07. The highest BCUT2D eigenvalue weighted by Crippen LogP contribution is 2.28. The number of carbonyl (C=O) groups excluding carboxylic acids is 1. The Bertz CT molecular complexity index is 455. The molecule has 0 heterocycles. The highest BCUT2D eigenvalue weighted by atomic mass is 127. The molecule has 0 atom stereocenters. The zero-order valence-corrected chi connectivity index (χ0v) is 14.0. The first-order chi connectivity index (χ1) is 9.70. The molecule has 1 aromatic carbocycles. The maximum absolute atomic E-state index is 11.7. The van der Waals surface area contributed by atoms with E-state index in [9.17, 15) is 4.79 Å². The lowest BCUT2D eigenvalue weighted by molar-refractivity contribution is 0.0525. The van der Waals surface area contributed by atoms with Crippen LogP contribution in [0, 0.1) is 9.49 Å². The molecule has 1 aromatic rings. The van der Waals surface area contributed by atoms with E-state index in [0.717, 1.165) is 35.5 Å². The third kappa shape index (κ3) is 5.05. The molecule has 1 fully saturated rings. The largest absolute Gasteiger partial charge is 0.462 e. The SMILES string of the molecule is CCOC(=O)c1ccc(CCCOCC2CC2)cc1I. The highest BCUT2D eigenvalue weighted by Gasteiger charge is 2.20. The maximum Gasteiger partial charge on any atom is 0.339 e. The lowest BCUT2D eigenvalue weighted by Gasteiger charge is -2.07. The van der Waals surface area contributed by atoms with E-state index >= 15 is 0 Å². The molecule has 0 bridgehead atoms. The molecule has 0 aromatic heterocycles. The van der Waals surface area contributed by atoms with E-state index in [-0.39, 0.29) is 5.97 Å². The molecule has 0 N–H and O–H groups in total. The smallest absolute Gasteiger partial charge is 0.339 e. The monoisotopic (exact) mass is 388 g/mol. The van der Waals surface area contributed by atoms with Crippen LogP contribution in [0.1, 0.15) is 42.1 Å². The van der Waals surface area contributed by atoms with Gasteiger partial charge in [0.1, 0.15) is 0 Å². The van der Waals surface area contributed by atoms with Crippen LogP contribution in [-0.2, 0) is 15.9 Å². The fraction of sp³-hybridized carbons (Fsp3) is 0.562. The molecule has 4 heteroatoms. The van der Waals surface area contributed by atoms with E-state index in [1.54, 1.807) is 0 Å². The van der Waals surface area contributed by atoms with Crippen LogP contribution in [0.2, 0.25) is 0 Å². The molecule has 1 aliphatic carbocycles. The van der Waals surface area contributed by atoms with Crippen molar-refractivity contribution in [2.75, 3.05) is 19.8 Å². The summed E-state index contributed by atoms with van der Waals surface area (Å²) in [4.78, 5) is 11.7. The van der Waals surface area contributed by atoms with E-state index in [1.165, 1.54) is 18.4 Å². The molecule has 1 saturated carbocycles. The average molecular weight is 388 g/mol. The topological polar surface area (TPSA) is 35.5 Å². The molecule has 0 unspecified atom stereocenters. The predicted octanol–water partition coefficient (Wildman–Crippen LogP) is 3.83. The number of esters is 1. The minimum absolute atomic E-state index is 0.240. The van der Waals surface area contributed by atoms with Crippen molar-refractivity contribution in [3.63, 3.8) is 0 Å². The Morgan fingerprint density at radius 2 is 2.20 bits per heavy atom. The summed E-state index contributed by atoms with van der Waals surface area (Å²) in [6, 6.07) is 5.93. The summed E-state index contributed by atoms with van der Waals surface area (Å²) in [7, 11) is 0. The van der Waals surface area contributed by atoms with Crippen LogP contribution in [0.3, 0.4) is 0 Å². The minimum atomic E-state index is -0.240. The van der Waals surface area contributed by atoms with E-state index in [1.807, 2.05) is 19.1 Å². The summed E-state index contributed by atoms with van der Waals surface area (Å²) in [5.74, 6) is 0.594. The van der Waals surface area contributed by atoms with Gasteiger partial charge in [0.15, 0.2) is 0 Å². The molecule has 110 valence electrons. The molecule has 0 saturated heterocycles. The Balaban J connectivity index is 1.77. The molecule has 1 aliphatic rings. The van der Waals surface area contributed by atoms with Crippen LogP contribution in [0.25, 0.3) is 0 Å². The van der Waals surface area contributed by atoms with Gasteiger partial charge in [-0.2, -0.15) is 0 Å². The second-order valence-corrected chi connectivity index (χ2v) is 6.32. The normalized spacial score (nSPS) is 14.3. The molecule has 0 aliphatic heterocycles. The van der Waals surface area contributed by atoms with Crippen LogP contribution in [-0.4, -0.2) is 25.8 Å². The number of hydrogen-bond acceptors (Lipinski definition) is 3. The summed E-state index contributed by atoms with van der Waals surface area (Å²) in [6.07, 6.45) is 4.70. The van der Waals surface area contributed by atoms with Crippen LogP contribution in [0.15, 0.2) is 18.2 Å². The van der Waals surface area contributed by atoms with Crippen LogP contribution in [0.4, 0.5) is 0 Å². The fourth-order valence-electron chi connectivity index (χ4n) is 2.00. The molecule has 0 radical (unpaired) electrons. The quantitative estimate of drug-likeness (QED) is 0.386. The lowest BCUT2D eigenvalue weighted by atomic mass is 10.1. The summed E-state index contributed by atoms with van der Waals surface area (Å²) in [5.41, 5.74) is 1.90. The standard InChI is InChI=1S/C16H21IO3/c1-2-20-16(18)14-8-7-12(10-15(14)17)4-3-9-19-11-13-5-6-13/h7-8,10,13H,2-6,9,11H2,1H3. The molecular formula is C16H21IO3. The summed E-state index contributed by atoms with van der Waals surface area (Å²) in [5, 5.41) is 0. The van der Waals surface area contributed by atoms with Crippen molar-refractivity contribution in [2.45, 2.75) is 32.6 Å². The highest BCUT2D eigenvalue weighted by molar-refractivity contribution is 14.1. The van der Waals surface area contributed by atoms with Crippen LogP contribution in [0.5, 0.6) is 0 Å². The van der Waals surface area contributed by atoms with Gasteiger partial charge in [0.2, 0.25) is 0 Å². The number of aryl methyl sites for hydroxylation is 1. The Kier molecular flexibility index (Phi) is 6.29. The van der Waals surface area contributed by atoms with Crippen molar-refractivity contribution in [1.29, 1.82) is 0 Å². The van der Waals surface area contributed by atoms with Gasteiger partial charge in [-0.15, -0.1) is 0 Å². The van der Waals surface area contributed by atoms with Gasteiger partial charge in [0.05, 0.1) is 12.2 Å². The summed E-state index contributed by atoms with van der Waals surface area (Å²) in [6.45, 7) is 3.99. The van der Waals surface area contributed by atoms with Crippen molar-refractivity contribution < 1.29 is 14.3 Å². The molecule has 3 nitrogen and oxygen atoms in total. The van der Waals surface area contributed by atoms with E-state index < -0.39 is 0 Å². The zero-order valence-electron chi connectivity index (χ0n) is 11.9. The van der Waals surface area contributed by atoms with Gasteiger partial charge in [-0.05, 0) is 78.8 Å². The van der Waals surface area contributed by atoms with Gasteiger partial charge < -0.3 is 9.47 Å². The third-order valence-electron chi connectivity index (χ3n) is 3.33. The Labute approximate surface area is 134 Å². The maximum atomic E-state index is 11.7. The Morgan fingerprint density at radius 3 is 2.85 bits per heavy atom. The molecule has 0 amide bonds. The molecule has 0 spiro atoms. The first-order valence-corrected chi connectivity index (χ1v) is 8.32. The number of hydrogen-bond donors (Lipinski definition) is 0. The first kappa shape index (κ1) is 15.8. The van der Waals surface area contributed by atoms with E-state index in [4.69, 9.17) is 9.47 Å². The van der Waals surface area contributed by atoms with Gasteiger partial charge in [0.25, 0.3) is 0 Å². The number of benzene rings is 1. The number of carbonyl (C=O) groups is 1. The Hall–Kier alpha value is -0.620. The van der Waals surface area contributed by atoms with Crippen molar-refractivity contribution in [3.05, 3.63) is 32.9 Å². The number of halogens is 1. The van der Waals surface area contributed by atoms with Gasteiger partial charge in [-0.3, -0.25) is 0 Å². The second-order valence-electron chi connectivity index (χ2n) is 5.16. The minimum Gasteiger partial charge on any atom is -0.462 e. The van der Waals surface area contributed by atoms with Gasteiger partial charge in [-0.25, -0.2) is 4.79 Å². The summed E-state index contributed by atoms with van der Waals surface area (Å²) < 4.78 is 11.6. The average Bonchev–Trinajstić information content (AvgIpc) is 3.23. The summed E-state index contributed by atoms with van der Waals surface area (Å²) >= 11 is 2.19. The number of rotatable bonds is 8. The van der Waals surface area contributed by atoms with E-state index in [0.29, 0.717) is 12.2 Å². The van der Waals surface area contributed by atoms with E-state index in [2.05, 4.69) is 28.7 Å². The molecule has 2 rings (SSSR count). The third-order valence-corrected chi connectivity index (χ3v) is 4.23. The van der Waals surface area contributed by atoms with Crippen molar-refractivity contribution in [2.24, 2.45) is 5.92 Å². The molecular weight excluding hydrogens is 367 g/mol. The van der Waals surface area contributed by atoms with Gasteiger partial charge in [0, 0.05) is 16.8 Å². The van der Waals surface area contributed by atoms with Crippen molar-refractivity contribution in [1.82, 2.24) is 0 Å². The Morgan fingerprint density at radius 1 is 1.40 bits per heavy atom. The number of ether oxygens (including phenoxy) is 2. The van der Waals surface area contributed by atoms with Crippen molar-refractivity contribution >= 4 is 28.6 Å². The van der Waals surface area contributed by atoms with Crippen LogP contribution >= 0.6 is 22.6 Å². The van der Waals surface area contributed by atoms with Gasteiger partial charge in [-0.1, -0.05) is 6.07 Å². The van der Waals surface area contributed by atoms with Gasteiger partial charge >= 0.3 is 5.97 Å². The predicted molar refractivity (Wildman–Crippen MR) is 87.0 cm³/mol. The first-order valence-electron chi connectivity index (χ1n) is 7.24. The van der Waals surface area contributed by atoms with Crippen molar-refractivity contribution in [3.8, 4) is 0 Å².